The Hall–Kier alpha value is -1.79. The minimum absolute atomic E-state index is 0.0425. The summed E-state index contributed by atoms with van der Waals surface area (Å²) in [6.45, 7) is 12.4. The molecule has 1 amide bonds. The molecule has 2 aromatic rings. The van der Waals surface area contributed by atoms with Gasteiger partial charge in [0, 0.05) is 36.5 Å². The lowest BCUT2D eigenvalue weighted by Gasteiger charge is -2.22. The minimum atomic E-state index is -0.0425. The van der Waals surface area contributed by atoms with Crippen LogP contribution in [0, 0.1) is 5.92 Å². The normalized spacial score (nSPS) is 12.1. The van der Waals surface area contributed by atoms with E-state index in [9.17, 15) is 4.79 Å². The molecule has 1 aromatic heterocycles. The van der Waals surface area contributed by atoms with Gasteiger partial charge in [-0.25, -0.2) is 9.97 Å². The Labute approximate surface area is 190 Å². The standard InChI is InChI=1S/C23H33ClN4OS/c1-6-11-28(12-7-2)21-14-20(24)26-23(27-21)30-15-18-9-8-10-19(13-18)22(29)25-17(5)16(3)4/h8-10,13-14,16-17H,6-7,11-12,15H2,1-5H3,(H,25,29). The molecule has 1 N–H and O–H groups in total. The lowest BCUT2D eigenvalue weighted by Crippen LogP contribution is -2.36. The van der Waals surface area contributed by atoms with Crippen molar-refractivity contribution in [2.75, 3.05) is 18.0 Å². The van der Waals surface area contributed by atoms with Crippen LogP contribution in [0.1, 0.15) is 63.4 Å². The SMILES string of the molecule is CCCN(CCC)c1cc(Cl)nc(SCc2cccc(C(=O)NC(C)C(C)C)c2)n1. The Balaban J connectivity index is 2.09. The first kappa shape index (κ1) is 24.5. The Morgan fingerprint density at radius 2 is 1.83 bits per heavy atom. The second-order valence-electron chi connectivity index (χ2n) is 7.81. The highest BCUT2D eigenvalue weighted by molar-refractivity contribution is 7.98. The van der Waals surface area contributed by atoms with E-state index in [0.717, 1.165) is 37.3 Å². The second kappa shape index (κ2) is 12.2. The van der Waals surface area contributed by atoms with Gasteiger partial charge < -0.3 is 10.2 Å². The zero-order valence-corrected chi connectivity index (χ0v) is 20.2. The topological polar surface area (TPSA) is 58.1 Å². The number of hydrogen-bond donors (Lipinski definition) is 1. The van der Waals surface area contributed by atoms with Crippen LogP contribution in [0.4, 0.5) is 5.82 Å². The highest BCUT2D eigenvalue weighted by Gasteiger charge is 2.14. The number of carbonyl (C=O) groups excluding carboxylic acids is 1. The predicted molar refractivity (Wildman–Crippen MR) is 128 cm³/mol. The lowest BCUT2D eigenvalue weighted by molar-refractivity contribution is 0.0930. The second-order valence-corrected chi connectivity index (χ2v) is 9.14. The van der Waals surface area contributed by atoms with Crippen LogP contribution in [0.25, 0.3) is 0 Å². The van der Waals surface area contributed by atoms with Crippen molar-refractivity contribution in [3.8, 4) is 0 Å². The molecule has 30 heavy (non-hydrogen) atoms. The van der Waals surface area contributed by atoms with Crippen LogP contribution in [-0.2, 0) is 5.75 Å². The first-order chi connectivity index (χ1) is 14.3. The van der Waals surface area contributed by atoms with Gasteiger partial charge in [-0.2, -0.15) is 0 Å². The van der Waals surface area contributed by atoms with E-state index in [1.807, 2.05) is 37.3 Å². The molecule has 7 heteroatoms. The maximum absolute atomic E-state index is 12.5. The first-order valence-electron chi connectivity index (χ1n) is 10.7. The molecule has 5 nitrogen and oxygen atoms in total. The average molecular weight is 449 g/mol. The summed E-state index contributed by atoms with van der Waals surface area (Å²) in [6.07, 6.45) is 2.10. The molecule has 0 radical (unpaired) electrons. The van der Waals surface area contributed by atoms with Crippen molar-refractivity contribution in [1.29, 1.82) is 0 Å². The van der Waals surface area contributed by atoms with Crippen LogP contribution in [0.15, 0.2) is 35.5 Å². The monoisotopic (exact) mass is 448 g/mol. The molecule has 0 spiro atoms. The molecule has 1 heterocycles. The van der Waals surface area contributed by atoms with E-state index in [1.165, 1.54) is 11.8 Å². The van der Waals surface area contributed by atoms with Crippen LogP contribution in [-0.4, -0.2) is 35.0 Å². The average Bonchev–Trinajstić information content (AvgIpc) is 2.71. The van der Waals surface area contributed by atoms with Crippen LogP contribution in [0.3, 0.4) is 0 Å². The molecule has 0 aliphatic rings. The van der Waals surface area contributed by atoms with E-state index < -0.39 is 0 Å². The first-order valence-corrected chi connectivity index (χ1v) is 12.0. The molecule has 0 aliphatic heterocycles. The molecule has 0 saturated heterocycles. The van der Waals surface area contributed by atoms with Gasteiger partial charge in [0.25, 0.3) is 5.91 Å². The van der Waals surface area contributed by atoms with Crippen molar-refractivity contribution >= 4 is 35.1 Å². The van der Waals surface area contributed by atoms with Gasteiger partial charge in [0.2, 0.25) is 0 Å². The van der Waals surface area contributed by atoms with Crippen molar-refractivity contribution in [3.05, 3.63) is 46.6 Å². The van der Waals surface area contributed by atoms with Gasteiger partial charge in [-0.05, 0) is 43.4 Å². The third kappa shape index (κ3) is 7.47. The van der Waals surface area contributed by atoms with Gasteiger partial charge in [0.05, 0.1) is 0 Å². The van der Waals surface area contributed by atoms with Gasteiger partial charge >= 0.3 is 0 Å². The van der Waals surface area contributed by atoms with E-state index in [-0.39, 0.29) is 11.9 Å². The molecule has 164 valence electrons. The fourth-order valence-corrected chi connectivity index (χ4v) is 3.92. The molecule has 1 aromatic carbocycles. The van der Waals surface area contributed by atoms with Crippen LogP contribution in [0.5, 0.6) is 0 Å². The Bertz CT molecular complexity index is 825. The summed E-state index contributed by atoms with van der Waals surface area (Å²) in [7, 11) is 0. The number of hydrogen-bond acceptors (Lipinski definition) is 5. The molecular formula is C23H33ClN4OS. The van der Waals surface area contributed by atoms with Crippen molar-refractivity contribution in [1.82, 2.24) is 15.3 Å². The van der Waals surface area contributed by atoms with Crippen molar-refractivity contribution in [2.24, 2.45) is 5.92 Å². The van der Waals surface area contributed by atoms with E-state index in [2.05, 4.69) is 42.9 Å². The smallest absolute Gasteiger partial charge is 0.251 e. The Kier molecular flexibility index (Phi) is 9.92. The summed E-state index contributed by atoms with van der Waals surface area (Å²) in [5.74, 6) is 1.89. The Morgan fingerprint density at radius 3 is 2.47 bits per heavy atom. The number of benzene rings is 1. The number of thioether (sulfide) groups is 1. The van der Waals surface area contributed by atoms with E-state index in [4.69, 9.17) is 16.6 Å². The maximum atomic E-state index is 12.5. The van der Waals surface area contributed by atoms with Gasteiger partial charge in [-0.1, -0.05) is 63.2 Å². The van der Waals surface area contributed by atoms with Crippen LogP contribution in [0.2, 0.25) is 5.15 Å². The lowest BCUT2D eigenvalue weighted by atomic mass is 10.1. The fourth-order valence-electron chi connectivity index (χ4n) is 2.90. The number of carbonyl (C=O) groups is 1. The highest BCUT2D eigenvalue weighted by atomic mass is 35.5. The highest BCUT2D eigenvalue weighted by Crippen LogP contribution is 2.25. The minimum Gasteiger partial charge on any atom is -0.356 e. The molecule has 0 fully saturated rings. The summed E-state index contributed by atoms with van der Waals surface area (Å²) < 4.78 is 0. The fraction of sp³-hybridized carbons (Fsp3) is 0.522. The van der Waals surface area contributed by atoms with E-state index >= 15 is 0 Å². The summed E-state index contributed by atoms with van der Waals surface area (Å²) in [6, 6.07) is 9.67. The molecule has 1 atom stereocenters. The summed E-state index contributed by atoms with van der Waals surface area (Å²) in [5, 5.41) is 4.16. The number of aromatic nitrogens is 2. The summed E-state index contributed by atoms with van der Waals surface area (Å²) >= 11 is 7.80. The number of nitrogens with one attached hydrogen (secondary N) is 1. The third-order valence-corrected chi connectivity index (χ3v) is 6.00. The Morgan fingerprint density at radius 1 is 1.13 bits per heavy atom. The zero-order valence-electron chi connectivity index (χ0n) is 18.6. The number of halogens is 1. The van der Waals surface area contributed by atoms with Crippen LogP contribution >= 0.6 is 23.4 Å². The van der Waals surface area contributed by atoms with Gasteiger partial charge in [0.15, 0.2) is 5.16 Å². The number of amides is 1. The molecule has 2 rings (SSSR count). The number of anilines is 1. The summed E-state index contributed by atoms with van der Waals surface area (Å²) in [4.78, 5) is 23.9. The molecule has 0 saturated carbocycles. The van der Waals surface area contributed by atoms with E-state index in [1.54, 1.807) is 0 Å². The molecule has 0 aliphatic carbocycles. The summed E-state index contributed by atoms with van der Waals surface area (Å²) in [5.41, 5.74) is 1.72. The zero-order chi connectivity index (χ0) is 22.1. The number of rotatable bonds is 11. The third-order valence-electron chi connectivity index (χ3n) is 4.89. The number of nitrogens with zero attached hydrogens (tertiary/aromatic N) is 3. The van der Waals surface area contributed by atoms with Crippen molar-refractivity contribution in [2.45, 2.75) is 64.4 Å². The van der Waals surface area contributed by atoms with Crippen molar-refractivity contribution < 1.29 is 4.79 Å². The van der Waals surface area contributed by atoms with Gasteiger partial charge in [-0.3, -0.25) is 4.79 Å². The predicted octanol–water partition coefficient (Wildman–Crippen LogP) is 5.82. The molecule has 1 unspecified atom stereocenters. The maximum Gasteiger partial charge on any atom is 0.251 e. The van der Waals surface area contributed by atoms with Crippen molar-refractivity contribution in [3.63, 3.8) is 0 Å². The largest absolute Gasteiger partial charge is 0.356 e. The van der Waals surface area contributed by atoms with E-state index in [0.29, 0.717) is 27.5 Å². The van der Waals surface area contributed by atoms with Gasteiger partial charge in [0.1, 0.15) is 11.0 Å². The quantitative estimate of drug-likeness (QED) is 0.266. The molecule has 0 bridgehead atoms. The van der Waals surface area contributed by atoms with Gasteiger partial charge in [-0.15, -0.1) is 0 Å². The molecular weight excluding hydrogens is 416 g/mol. The van der Waals surface area contributed by atoms with Crippen LogP contribution < -0.4 is 10.2 Å².